The molecule has 0 aliphatic heterocycles. The fourth-order valence-corrected chi connectivity index (χ4v) is 2.74. The fourth-order valence-electron chi connectivity index (χ4n) is 1.81. The van der Waals surface area contributed by atoms with Gasteiger partial charge in [-0.2, -0.15) is 10.5 Å². The molecule has 0 saturated carbocycles. The average Bonchev–Trinajstić information content (AvgIpc) is 2.64. The molecule has 0 aliphatic carbocycles. The molecule has 2 heterocycles. The summed E-state index contributed by atoms with van der Waals surface area (Å²) in [5.74, 6) is 0.197. The highest BCUT2D eigenvalue weighted by atomic mass is 32.1. The van der Waals surface area contributed by atoms with E-state index in [2.05, 4.69) is 4.98 Å². The largest absolute Gasteiger partial charge is 0.396 e. The standard InChI is InChI=1S/C11H9N5S/c1-2-5-6(3-12)10(15)16-11-8(5)9(14)7(4-13)17-11/h2,14H2,1H3,(H2,15,16). The summed E-state index contributed by atoms with van der Waals surface area (Å²) in [5, 5.41) is 18.7. The first-order valence-corrected chi connectivity index (χ1v) is 5.76. The Labute approximate surface area is 102 Å². The predicted octanol–water partition coefficient (Wildman–Crippen LogP) is 1.77. The molecule has 0 radical (unpaired) electrons. The van der Waals surface area contributed by atoms with Gasteiger partial charge in [0.2, 0.25) is 0 Å². The number of nitrogens with two attached hydrogens (primary N) is 2. The van der Waals surface area contributed by atoms with E-state index in [4.69, 9.17) is 22.0 Å². The predicted molar refractivity (Wildman–Crippen MR) is 67.3 cm³/mol. The van der Waals surface area contributed by atoms with E-state index in [0.29, 0.717) is 32.8 Å². The van der Waals surface area contributed by atoms with Crippen molar-refractivity contribution in [3.05, 3.63) is 16.0 Å². The van der Waals surface area contributed by atoms with E-state index in [9.17, 15) is 0 Å². The SMILES string of the molecule is CCc1c(C#N)c(N)nc2sc(C#N)c(N)c12. The highest BCUT2D eigenvalue weighted by Crippen LogP contribution is 2.37. The van der Waals surface area contributed by atoms with Crippen molar-refractivity contribution < 1.29 is 0 Å². The number of aryl methyl sites for hydroxylation is 1. The molecule has 0 amide bonds. The van der Waals surface area contributed by atoms with Crippen molar-refractivity contribution in [2.75, 3.05) is 11.5 Å². The minimum atomic E-state index is 0.197. The second-order valence-electron chi connectivity index (χ2n) is 3.45. The first-order valence-electron chi connectivity index (χ1n) is 4.94. The quantitative estimate of drug-likeness (QED) is 0.792. The molecule has 0 unspecified atom stereocenters. The molecule has 0 saturated heterocycles. The van der Waals surface area contributed by atoms with Gasteiger partial charge in [0.25, 0.3) is 0 Å². The Morgan fingerprint density at radius 3 is 2.53 bits per heavy atom. The first-order chi connectivity index (χ1) is 8.13. The van der Waals surface area contributed by atoms with Crippen molar-refractivity contribution >= 4 is 33.1 Å². The Balaban J connectivity index is 3.00. The monoisotopic (exact) mass is 243 g/mol. The molecule has 0 bridgehead atoms. The van der Waals surface area contributed by atoms with Crippen LogP contribution in [0.25, 0.3) is 10.2 Å². The maximum absolute atomic E-state index is 9.07. The van der Waals surface area contributed by atoms with Gasteiger partial charge in [0, 0.05) is 5.39 Å². The van der Waals surface area contributed by atoms with Gasteiger partial charge >= 0.3 is 0 Å². The number of thiophene rings is 1. The third-order valence-corrected chi connectivity index (χ3v) is 3.58. The van der Waals surface area contributed by atoms with Crippen LogP contribution in [0, 0.1) is 22.7 Å². The zero-order chi connectivity index (χ0) is 12.6. The second kappa shape index (κ2) is 3.93. The van der Waals surface area contributed by atoms with Gasteiger partial charge in [-0.1, -0.05) is 6.92 Å². The van der Waals surface area contributed by atoms with Crippen molar-refractivity contribution in [3.8, 4) is 12.1 Å². The summed E-state index contributed by atoms with van der Waals surface area (Å²) in [6.07, 6.45) is 0.623. The van der Waals surface area contributed by atoms with Gasteiger partial charge in [0.15, 0.2) is 0 Å². The molecule has 4 N–H and O–H groups in total. The lowest BCUT2D eigenvalue weighted by Gasteiger charge is -2.05. The molecule has 0 atom stereocenters. The molecule has 0 aromatic carbocycles. The van der Waals surface area contributed by atoms with Crippen LogP contribution in [0.4, 0.5) is 11.5 Å². The van der Waals surface area contributed by atoms with Crippen LogP contribution in [0.15, 0.2) is 0 Å². The Morgan fingerprint density at radius 2 is 2.00 bits per heavy atom. The number of pyridine rings is 1. The molecule has 2 aromatic rings. The normalized spacial score (nSPS) is 10.1. The van der Waals surface area contributed by atoms with Gasteiger partial charge in [-0.15, -0.1) is 11.3 Å². The lowest BCUT2D eigenvalue weighted by atomic mass is 10.0. The zero-order valence-corrected chi connectivity index (χ0v) is 9.93. The van der Waals surface area contributed by atoms with Crippen LogP contribution in [0.3, 0.4) is 0 Å². The van der Waals surface area contributed by atoms with Gasteiger partial charge in [0.1, 0.15) is 27.7 Å². The molecule has 0 aliphatic rings. The fraction of sp³-hybridized carbons (Fsp3) is 0.182. The summed E-state index contributed by atoms with van der Waals surface area (Å²) in [6.45, 7) is 1.91. The van der Waals surface area contributed by atoms with Crippen molar-refractivity contribution in [2.45, 2.75) is 13.3 Å². The van der Waals surface area contributed by atoms with Crippen molar-refractivity contribution in [3.63, 3.8) is 0 Å². The van der Waals surface area contributed by atoms with Crippen LogP contribution in [-0.2, 0) is 6.42 Å². The minimum Gasteiger partial charge on any atom is -0.396 e. The summed E-state index contributed by atoms with van der Waals surface area (Å²) >= 11 is 1.20. The van der Waals surface area contributed by atoms with E-state index >= 15 is 0 Å². The number of hydrogen-bond acceptors (Lipinski definition) is 6. The molecule has 17 heavy (non-hydrogen) atoms. The van der Waals surface area contributed by atoms with Crippen LogP contribution in [0.1, 0.15) is 22.9 Å². The summed E-state index contributed by atoms with van der Waals surface area (Å²) in [5.41, 5.74) is 13.1. The molecular formula is C11H9N5S. The van der Waals surface area contributed by atoms with Gasteiger partial charge < -0.3 is 11.5 Å². The Kier molecular flexibility index (Phi) is 2.58. The van der Waals surface area contributed by atoms with E-state index in [0.717, 1.165) is 5.56 Å². The van der Waals surface area contributed by atoms with Gasteiger partial charge in [0.05, 0.1) is 11.3 Å². The Hall–Kier alpha value is -2.31. The maximum atomic E-state index is 9.07. The zero-order valence-electron chi connectivity index (χ0n) is 9.11. The van der Waals surface area contributed by atoms with E-state index in [1.54, 1.807) is 0 Å². The first kappa shape index (κ1) is 11.2. The number of nitrogen functional groups attached to an aromatic ring is 2. The number of nitriles is 2. The number of fused-ring (bicyclic) bond motifs is 1. The van der Waals surface area contributed by atoms with E-state index in [1.165, 1.54) is 11.3 Å². The summed E-state index contributed by atoms with van der Waals surface area (Å²) in [7, 11) is 0. The molecule has 5 nitrogen and oxygen atoms in total. The topological polar surface area (TPSA) is 113 Å². The van der Waals surface area contributed by atoms with Crippen LogP contribution in [0.5, 0.6) is 0 Å². The van der Waals surface area contributed by atoms with E-state index in [1.807, 2.05) is 19.1 Å². The number of anilines is 2. The van der Waals surface area contributed by atoms with E-state index in [-0.39, 0.29) is 5.82 Å². The van der Waals surface area contributed by atoms with Crippen molar-refractivity contribution in [2.24, 2.45) is 0 Å². The highest BCUT2D eigenvalue weighted by Gasteiger charge is 2.18. The van der Waals surface area contributed by atoms with Crippen LogP contribution >= 0.6 is 11.3 Å². The maximum Gasteiger partial charge on any atom is 0.143 e. The van der Waals surface area contributed by atoms with Gasteiger partial charge in [-0.05, 0) is 12.0 Å². The lowest BCUT2D eigenvalue weighted by Crippen LogP contribution is -2.00. The van der Waals surface area contributed by atoms with Gasteiger partial charge in [-0.3, -0.25) is 0 Å². The summed E-state index contributed by atoms with van der Waals surface area (Å²) in [4.78, 5) is 5.16. The van der Waals surface area contributed by atoms with Gasteiger partial charge in [-0.25, -0.2) is 4.98 Å². The number of aromatic nitrogens is 1. The van der Waals surface area contributed by atoms with E-state index < -0.39 is 0 Å². The second-order valence-corrected chi connectivity index (χ2v) is 4.45. The molecule has 2 aromatic heterocycles. The number of nitrogens with zero attached hydrogens (tertiary/aromatic N) is 3. The molecule has 2 rings (SSSR count). The average molecular weight is 243 g/mol. The molecule has 84 valence electrons. The third-order valence-electron chi connectivity index (χ3n) is 2.58. The number of hydrogen-bond donors (Lipinski definition) is 2. The smallest absolute Gasteiger partial charge is 0.143 e. The molecule has 0 spiro atoms. The van der Waals surface area contributed by atoms with Crippen molar-refractivity contribution in [1.82, 2.24) is 4.98 Å². The Bertz CT molecular complexity index is 687. The Morgan fingerprint density at radius 1 is 1.29 bits per heavy atom. The summed E-state index contributed by atoms with van der Waals surface area (Å²) in [6, 6.07) is 4.06. The van der Waals surface area contributed by atoms with Crippen LogP contribution in [-0.4, -0.2) is 4.98 Å². The highest BCUT2D eigenvalue weighted by molar-refractivity contribution is 7.19. The summed E-state index contributed by atoms with van der Waals surface area (Å²) < 4.78 is 0. The molecule has 6 heteroatoms. The number of rotatable bonds is 1. The minimum absolute atomic E-state index is 0.197. The van der Waals surface area contributed by atoms with Crippen LogP contribution < -0.4 is 11.5 Å². The molecular weight excluding hydrogens is 234 g/mol. The molecule has 0 fully saturated rings. The van der Waals surface area contributed by atoms with Crippen molar-refractivity contribution in [1.29, 1.82) is 10.5 Å². The third kappa shape index (κ3) is 1.47. The lowest BCUT2D eigenvalue weighted by molar-refractivity contribution is 1.14. The van der Waals surface area contributed by atoms with Crippen LogP contribution in [0.2, 0.25) is 0 Å².